The SMILES string of the molecule is CCCCc1cc2cc(C(C)C)ccc2o1. The molecule has 0 aliphatic rings. The van der Waals surface area contributed by atoms with Crippen LogP contribution in [0.4, 0.5) is 0 Å². The molecule has 86 valence electrons. The minimum absolute atomic E-state index is 0.582. The van der Waals surface area contributed by atoms with Crippen LogP contribution in [0, 0.1) is 0 Å². The van der Waals surface area contributed by atoms with Crippen molar-refractivity contribution in [3.05, 3.63) is 35.6 Å². The summed E-state index contributed by atoms with van der Waals surface area (Å²) in [6, 6.07) is 8.70. The maximum Gasteiger partial charge on any atom is 0.134 e. The van der Waals surface area contributed by atoms with Crippen molar-refractivity contribution in [2.75, 3.05) is 0 Å². The molecule has 2 aromatic rings. The first-order valence-corrected chi connectivity index (χ1v) is 6.23. The Morgan fingerprint density at radius 3 is 2.69 bits per heavy atom. The number of fused-ring (bicyclic) bond motifs is 1. The molecule has 2 rings (SSSR count). The van der Waals surface area contributed by atoms with Gasteiger partial charge in [0.2, 0.25) is 0 Å². The van der Waals surface area contributed by atoms with Crippen molar-refractivity contribution < 1.29 is 4.42 Å². The standard InChI is InChI=1S/C15H20O/c1-4-5-6-14-10-13-9-12(11(2)3)7-8-15(13)16-14/h7-11H,4-6H2,1-3H3. The summed E-state index contributed by atoms with van der Waals surface area (Å²) < 4.78 is 5.80. The van der Waals surface area contributed by atoms with Gasteiger partial charge in [0, 0.05) is 11.8 Å². The van der Waals surface area contributed by atoms with Crippen molar-refractivity contribution in [2.24, 2.45) is 0 Å². The molecule has 0 bridgehead atoms. The smallest absolute Gasteiger partial charge is 0.134 e. The van der Waals surface area contributed by atoms with Gasteiger partial charge in [-0.25, -0.2) is 0 Å². The number of aryl methyl sites for hydroxylation is 1. The number of benzene rings is 1. The lowest BCUT2D eigenvalue weighted by Gasteiger charge is -2.03. The van der Waals surface area contributed by atoms with Crippen LogP contribution in [-0.4, -0.2) is 0 Å². The maximum atomic E-state index is 5.80. The van der Waals surface area contributed by atoms with Crippen LogP contribution in [0.5, 0.6) is 0 Å². The van der Waals surface area contributed by atoms with Crippen molar-refractivity contribution in [3.63, 3.8) is 0 Å². The molecule has 1 heteroatoms. The zero-order valence-electron chi connectivity index (χ0n) is 10.4. The van der Waals surface area contributed by atoms with E-state index in [1.165, 1.54) is 23.8 Å². The Morgan fingerprint density at radius 2 is 2.00 bits per heavy atom. The Kier molecular flexibility index (Phi) is 3.33. The molecule has 0 saturated heterocycles. The van der Waals surface area contributed by atoms with Crippen LogP contribution in [0.1, 0.15) is 50.9 Å². The van der Waals surface area contributed by atoms with Gasteiger partial charge in [-0.05, 0) is 36.1 Å². The molecular formula is C15H20O. The summed E-state index contributed by atoms with van der Waals surface area (Å²) in [6.07, 6.45) is 3.48. The van der Waals surface area contributed by atoms with E-state index in [4.69, 9.17) is 4.42 Å². The van der Waals surface area contributed by atoms with Crippen LogP contribution in [-0.2, 0) is 6.42 Å². The Labute approximate surface area is 97.5 Å². The van der Waals surface area contributed by atoms with Crippen LogP contribution >= 0.6 is 0 Å². The van der Waals surface area contributed by atoms with E-state index in [0.29, 0.717) is 5.92 Å². The Morgan fingerprint density at radius 1 is 1.19 bits per heavy atom. The van der Waals surface area contributed by atoms with Gasteiger partial charge < -0.3 is 4.42 Å². The predicted molar refractivity (Wildman–Crippen MR) is 68.9 cm³/mol. The van der Waals surface area contributed by atoms with Crippen LogP contribution in [0.25, 0.3) is 11.0 Å². The zero-order chi connectivity index (χ0) is 11.5. The lowest BCUT2D eigenvalue weighted by atomic mass is 10.0. The Balaban J connectivity index is 2.30. The summed E-state index contributed by atoms with van der Waals surface area (Å²) in [5.74, 6) is 1.70. The van der Waals surface area contributed by atoms with Gasteiger partial charge in [0.25, 0.3) is 0 Å². The quantitative estimate of drug-likeness (QED) is 0.708. The van der Waals surface area contributed by atoms with E-state index in [1.54, 1.807) is 0 Å². The van der Waals surface area contributed by atoms with E-state index in [2.05, 4.69) is 45.0 Å². The van der Waals surface area contributed by atoms with Crippen LogP contribution in [0.15, 0.2) is 28.7 Å². The topological polar surface area (TPSA) is 13.1 Å². The third kappa shape index (κ3) is 2.29. The molecule has 0 spiro atoms. The molecule has 1 heterocycles. The molecule has 0 N–H and O–H groups in total. The maximum absolute atomic E-state index is 5.80. The molecule has 1 aromatic carbocycles. The van der Waals surface area contributed by atoms with Crippen LogP contribution in [0.3, 0.4) is 0 Å². The van der Waals surface area contributed by atoms with Gasteiger partial charge in [0.15, 0.2) is 0 Å². The normalized spacial score (nSPS) is 11.5. The van der Waals surface area contributed by atoms with E-state index in [1.807, 2.05) is 0 Å². The fourth-order valence-corrected chi connectivity index (χ4v) is 1.95. The molecule has 0 saturated carbocycles. The van der Waals surface area contributed by atoms with Crippen molar-refractivity contribution in [2.45, 2.75) is 46.0 Å². The van der Waals surface area contributed by atoms with E-state index in [9.17, 15) is 0 Å². The van der Waals surface area contributed by atoms with Gasteiger partial charge in [-0.2, -0.15) is 0 Å². The lowest BCUT2D eigenvalue weighted by Crippen LogP contribution is -1.84. The molecule has 0 radical (unpaired) electrons. The molecule has 1 aromatic heterocycles. The van der Waals surface area contributed by atoms with Gasteiger partial charge in [-0.1, -0.05) is 33.3 Å². The summed E-state index contributed by atoms with van der Waals surface area (Å²) in [4.78, 5) is 0. The summed E-state index contributed by atoms with van der Waals surface area (Å²) in [6.45, 7) is 6.65. The number of unbranched alkanes of at least 4 members (excludes halogenated alkanes) is 1. The fourth-order valence-electron chi connectivity index (χ4n) is 1.95. The first-order valence-electron chi connectivity index (χ1n) is 6.23. The van der Waals surface area contributed by atoms with Crippen molar-refractivity contribution >= 4 is 11.0 Å². The number of furan rings is 1. The fraction of sp³-hybridized carbons (Fsp3) is 0.467. The minimum atomic E-state index is 0.582. The van der Waals surface area contributed by atoms with Gasteiger partial charge in [-0.3, -0.25) is 0 Å². The summed E-state index contributed by atoms with van der Waals surface area (Å²) >= 11 is 0. The second-order valence-corrected chi connectivity index (χ2v) is 4.77. The van der Waals surface area contributed by atoms with Crippen molar-refractivity contribution in [1.29, 1.82) is 0 Å². The van der Waals surface area contributed by atoms with Gasteiger partial charge in [0.1, 0.15) is 11.3 Å². The van der Waals surface area contributed by atoms with Crippen LogP contribution < -0.4 is 0 Å². The van der Waals surface area contributed by atoms with Gasteiger partial charge >= 0.3 is 0 Å². The van der Waals surface area contributed by atoms with Crippen LogP contribution in [0.2, 0.25) is 0 Å². The average Bonchev–Trinajstić information content (AvgIpc) is 2.67. The molecule has 1 nitrogen and oxygen atoms in total. The van der Waals surface area contributed by atoms with Crippen molar-refractivity contribution in [1.82, 2.24) is 0 Å². The highest BCUT2D eigenvalue weighted by Gasteiger charge is 2.05. The highest BCUT2D eigenvalue weighted by atomic mass is 16.3. The van der Waals surface area contributed by atoms with E-state index in [-0.39, 0.29) is 0 Å². The molecular weight excluding hydrogens is 196 g/mol. The monoisotopic (exact) mass is 216 g/mol. The molecule has 0 aliphatic heterocycles. The predicted octanol–water partition coefficient (Wildman–Crippen LogP) is 4.90. The Bertz CT molecular complexity index is 465. The Hall–Kier alpha value is -1.24. The molecule has 0 unspecified atom stereocenters. The second-order valence-electron chi connectivity index (χ2n) is 4.77. The third-order valence-corrected chi connectivity index (χ3v) is 3.03. The summed E-state index contributed by atoms with van der Waals surface area (Å²) in [5.41, 5.74) is 2.41. The molecule has 0 atom stereocenters. The summed E-state index contributed by atoms with van der Waals surface area (Å²) in [7, 11) is 0. The van der Waals surface area contributed by atoms with Crippen molar-refractivity contribution in [3.8, 4) is 0 Å². The molecule has 0 fully saturated rings. The first kappa shape index (κ1) is 11.3. The first-order chi connectivity index (χ1) is 7.70. The molecule has 0 amide bonds. The highest BCUT2D eigenvalue weighted by Crippen LogP contribution is 2.25. The number of hydrogen-bond acceptors (Lipinski definition) is 1. The second kappa shape index (κ2) is 4.73. The van der Waals surface area contributed by atoms with E-state index in [0.717, 1.165) is 17.8 Å². The van der Waals surface area contributed by atoms with E-state index >= 15 is 0 Å². The third-order valence-electron chi connectivity index (χ3n) is 3.03. The van der Waals surface area contributed by atoms with E-state index < -0.39 is 0 Å². The lowest BCUT2D eigenvalue weighted by molar-refractivity contribution is 0.536. The minimum Gasteiger partial charge on any atom is -0.461 e. The average molecular weight is 216 g/mol. The largest absolute Gasteiger partial charge is 0.461 e. The molecule has 16 heavy (non-hydrogen) atoms. The number of rotatable bonds is 4. The highest BCUT2D eigenvalue weighted by molar-refractivity contribution is 5.78. The zero-order valence-corrected chi connectivity index (χ0v) is 10.4. The summed E-state index contributed by atoms with van der Waals surface area (Å²) in [5, 5.41) is 1.25. The number of hydrogen-bond donors (Lipinski definition) is 0. The van der Waals surface area contributed by atoms with Gasteiger partial charge in [0.05, 0.1) is 0 Å². The van der Waals surface area contributed by atoms with Gasteiger partial charge in [-0.15, -0.1) is 0 Å². The molecule has 0 aliphatic carbocycles.